The number of nitrogens with zero attached hydrogens (tertiary/aromatic N) is 3. The molecule has 1 atom stereocenters. The van der Waals surface area contributed by atoms with E-state index in [9.17, 15) is 4.79 Å². The van der Waals surface area contributed by atoms with E-state index in [0.29, 0.717) is 26.2 Å². The Morgan fingerprint density at radius 1 is 1.55 bits per heavy atom. The first-order valence-corrected chi connectivity index (χ1v) is 6.71. The van der Waals surface area contributed by atoms with Gasteiger partial charge in [0, 0.05) is 38.4 Å². The highest BCUT2D eigenvalue weighted by Crippen LogP contribution is 2.00. The Kier molecular flexibility index (Phi) is 7.21. The van der Waals surface area contributed by atoms with Crippen molar-refractivity contribution in [2.75, 3.05) is 40.4 Å². The average molecular weight is 283 g/mol. The maximum Gasteiger partial charge on any atom is 0.237 e. The van der Waals surface area contributed by atoms with Crippen LogP contribution in [-0.2, 0) is 23.0 Å². The van der Waals surface area contributed by atoms with Crippen molar-refractivity contribution in [3.63, 3.8) is 0 Å². The summed E-state index contributed by atoms with van der Waals surface area (Å²) in [6.45, 7) is 2.50. The number of rotatable bonds is 9. The number of nitrogens with one attached hydrogen (secondary N) is 1. The molecule has 114 valence electrons. The molecule has 0 radical (unpaired) electrons. The number of ether oxygens (including phenoxy) is 1. The third-order valence-electron chi connectivity index (χ3n) is 2.91. The molecule has 1 amide bonds. The van der Waals surface area contributed by atoms with E-state index < -0.39 is 6.04 Å². The zero-order chi connectivity index (χ0) is 15.0. The van der Waals surface area contributed by atoms with Gasteiger partial charge in [0.1, 0.15) is 0 Å². The van der Waals surface area contributed by atoms with Gasteiger partial charge in [-0.15, -0.1) is 0 Å². The Morgan fingerprint density at radius 2 is 2.30 bits per heavy atom. The molecule has 0 aliphatic carbocycles. The van der Waals surface area contributed by atoms with E-state index in [1.54, 1.807) is 12.5 Å². The topological polar surface area (TPSA) is 85.4 Å². The Balaban J connectivity index is 2.14. The zero-order valence-corrected chi connectivity index (χ0v) is 12.5. The van der Waals surface area contributed by atoms with E-state index in [2.05, 4.69) is 10.3 Å². The summed E-state index contributed by atoms with van der Waals surface area (Å²) in [5, 5.41) is 2.77. The quantitative estimate of drug-likeness (QED) is 0.567. The predicted octanol–water partition coefficient (Wildman–Crippen LogP) is -1.02. The summed E-state index contributed by atoms with van der Waals surface area (Å²) >= 11 is 0. The highest BCUT2D eigenvalue weighted by Gasteiger charge is 2.15. The number of carbonyl (C=O) groups excluding carboxylic acids is 1. The summed E-state index contributed by atoms with van der Waals surface area (Å²) in [5.74, 6) is -0.164. The Labute approximate surface area is 120 Å². The molecule has 0 aliphatic heterocycles. The Bertz CT molecular complexity index is 405. The van der Waals surface area contributed by atoms with Gasteiger partial charge in [-0.3, -0.25) is 4.79 Å². The number of hydrogen-bond acceptors (Lipinski definition) is 5. The smallest absolute Gasteiger partial charge is 0.237 e. The lowest BCUT2D eigenvalue weighted by Crippen LogP contribution is -2.43. The summed E-state index contributed by atoms with van der Waals surface area (Å²) in [5.41, 5.74) is 6.80. The second kappa shape index (κ2) is 8.68. The zero-order valence-electron chi connectivity index (χ0n) is 12.5. The van der Waals surface area contributed by atoms with Gasteiger partial charge in [-0.2, -0.15) is 0 Å². The van der Waals surface area contributed by atoms with Crippen LogP contribution in [0.5, 0.6) is 0 Å². The van der Waals surface area contributed by atoms with E-state index in [0.717, 1.165) is 12.2 Å². The van der Waals surface area contributed by atoms with Gasteiger partial charge < -0.3 is 25.3 Å². The van der Waals surface area contributed by atoms with Crippen molar-refractivity contribution in [1.82, 2.24) is 19.8 Å². The lowest BCUT2D eigenvalue weighted by atomic mass is 10.1. The van der Waals surface area contributed by atoms with Crippen molar-refractivity contribution in [2.24, 2.45) is 12.8 Å². The average Bonchev–Trinajstić information content (AvgIpc) is 2.78. The number of amides is 1. The Hall–Kier alpha value is -1.44. The summed E-state index contributed by atoms with van der Waals surface area (Å²) in [7, 11) is 5.86. The van der Waals surface area contributed by atoms with E-state index in [1.807, 2.05) is 30.6 Å². The van der Waals surface area contributed by atoms with Crippen LogP contribution in [0.1, 0.15) is 5.69 Å². The van der Waals surface area contributed by atoms with Crippen LogP contribution in [-0.4, -0.2) is 66.8 Å². The highest BCUT2D eigenvalue weighted by atomic mass is 16.5. The minimum absolute atomic E-state index is 0.164. The first-order chi connectivity index (χ1) is 9.50. The lowest BCUT2D eigenvalue weighted by molar-refractivity contribution is -0.122. The van der Waals surface area contributed by atoms with Gasteiger partial charge in [0.05, 0.1) is 25.6 Å². The summed E-state index contributed by atoms with van der Waals surface area (Å²) in [6.07, 6.45) is 3.89. The molecule has 1 unspecified atom stereocenters. The normalized spacial score (nSPS) is 12.7. The number of likely N-dealkylation sites (N-methyl/N-ethyl adjacent to an activating group) is 1. The van der Waals surface area contributed by atoms with Crippen LogP contribution in [0.3, 0.4) is 0 Å². The molecule has 0 saturated carbocycles. The predicted molar refractivity (Wildman–Crippen MR) is 77.3 cm³/mol. The molecule has 0 aliphatic rings. The molecule has 1 heterocycles. The van der Waals surface area contributed by atoms with Crippen LogP contribution in [0.2, 0.25) is 0 Å². The minimum atomic E-state index is -0.563. The molecule has 7 nitrogen and oxygen atoms in total. The third-order valence-corrected chi connectivity index (χ3v) is 2.91. The van der Waals surface area contributed by atoms with E-state index in [-0.39, 0.29) is 5.91 Å². The van der Waals surface area contributed by atoms with Gasteiger partial charge in [0.15, 0.2) is 0 Å². The van der Waals surface area contributed by atoms with Crippen LogP contribution in [0.15, 0.2) is 12.5 Å². The van der Waals surface area contributed by atoms with Gasteiger partial charge in [-0.25, -0.2) is 4.98 Å². The van der Waals surface area contributed by atoms with Crippen molar-refractivity contribution in [3.05, 3.63) is 18.2 Å². The fourth-order valence-electron chi connectivity index (χ4n) is 1.63. The summed E-state index contributed by atoms with van der Waals surface area (Å²) in [4.78, 5) is 17.8. The third kappa shape index (κ3) is 6.14. The minimum Gasteiger partial charge on any atom is -0.378 e. The Morgan fingerprint density at radius 3 is 2.90 bits per heavy atom. The van der Waals surface area contributed by atoms with Crippen LogP contribution in [0, 0.1) is 0 Å². The highest BCUT2D eigenvalue weighted by molar-refractivity contribution is 5.81. The second-order valence-corrected chi connectivity index (χ2v) is 5.01. The monoisotopic (exact) mass is 283 g/mol. The van der Waals surface area contributed by atoms with Crippen molar-refractivity contribution in [3.8, 4) is 0 Å². The number of aryl methyl sites for hydroxylation is 1. The molecule has 0 saturated heterocycles. The van der Waals surface area contributed by atoms with Gasteiger partial charge in [-0.1, -0.05) is 0 Å². The number of carbonyl (C=O) groups is 1. The molecule has 0 bridgehead atoms. The van der Waals surface area contributed by atoms with Crippen LogP contribution in [0.4, 0.5) is 0 Å². The molecule has 0 fully saturated rings. The number of aromatic nitrogens is 2. The van der Waals surface area contributed by atoms with Crippen LogP contribution < -0.4 is 11.1 Å². The van der Waals surface area contributed by atoms with Crippen molar-refractivity contribution < 1.29 is 9.53 Å². The molecular weight excluding hydrogens is 258 g/mol. The van der Waals surface area contributed by atoms with Gasteiger partial charge in [-0.05, 0) is 14.1 Å². The fourth-order valence-corrected chi connectivity index (χ4v) is 1.63. The molecule has 0 aromatic carbocycles. The molecular formula is C13H25N5O2. The maximum absolute atomic E-state index is 11.8. The number of nitrogens with two attached hydrogens (primary N) is 1. The number of imidazole rings is 1. The maximum atomic E-state index is 11.8. The molecule has 3 N–H and O–H groups in total. The van der Waals surface area contributed by atoms with Gasteiger partial charge in [0.25, 0.3) is 0 Å². The van der Waals surface area contributed by atoms with Crippen LogP contribution >= 0.6 is 0 Å². The summed E-state index contributed by atoms with van der Waals surface area (Å²) in [6, 6.07) is -0.563. The van der Waals surface area contributed by atoms with Crippen molar-refractivity contribution in [1.29, 1.82) is 0 Å². The van der Waals surface area contributed by atoms with Gasteiger partial charge >= 0.3 is 0 Å². The van der Waals surface area contributed by atoms with Crippen molar-refractivity contribution >= 4 is 5.91 Å². The standard InChI is InChI=1S/C13H25N5O2/c1-17(2)5-7-20-6-4-16-13(19)12(14)8-11-9-15-10-18(11)3/h9-10,12H,4-8,14H2,1-3H3,(H,16,19). The molecule has 1 aromatic rings. The second-order valence-electron chi connectivity index (χ2n) is 5.01. The van der Waals surface area contributed by atoms with E-state index >= 15 is 0 Å². The molecule has 20 heavy (non-hydrogen) atoms. The molecule has 7 heteroatoms. The summed E-state index contributed by atoms with van der Waals surface area (Å²) < 4.78 is 7.25. The largest absolute Gasteiger partial charge is 0.378 e. The first kappa shape index (κ1) is 16.6. The van der Waals surface area contributed by atoms with E-state index in [1.165, 1.54) is 0 Å². The van der Waals surface area contributed by atoms with Crippen LogP contribution in [0.25, 0.3) is 0 Å². The SMILES string of the molecule is CN(C)CCOCCNC(=O)C(N)Cc1cncn1C. The number of hydrogen-bond donors (Lipinski definition) is 2. The molecule has 1 rings (SSSR count). The fraction of sp³-hybridized carbons (Fsp3) is 0.692. The lowest BCUT2D eigenvalue weighted by Gasteiger charge is -2.13. The van der Waals surface area contributed by atoms with E-state index in [4.69, 9.17) is 10.5 Å². The molecule has 0 spiro atoms. The first-order valence-electron chi connectivity index (χ1n) is 6.71. The van der Waals surface area contributed by atoms with Gasteiger partial charge in [0.2, 0.25) is 5.91 Å². The molecule has 1 aromatic heterocycles. The van der Waals surface area contributed by atoms with Crippen molar-refractivity contribution in [2.45, 2.75) is 12.5 Å².